The van der Waals surface area contributed by atoms with Crippen molar-refractivity contribution in [3.63, 3.8) is 0 Å². The van der Waals surface area contributed by atoms with Crippen molar-refractivity contribution in [3.05, 3.63) is 47.7 Å². The highest BCUT2D eigenvalue weighted by Crippen LogP contribution is 2.26. The molecule has 4 rings (SSSR count). The molecule has 8 nitrogen and oxygen atoms in total. The SMILES string of the molecule is Cn1ccnc1-c1ccc(N2CCc3c(c(C(=O)O)nn3C)C2)nc1. The van der Waals surface area contributed by atoms with Crippen LogP contribution in [0.4, 0.5) is 5.82 Å². The molecule has 1 aliphatic rings. The van der Waals surface area contributed by atoms with E-state index >= 15 is 0 Å². The van der Waals surface area contributed by atoms with Crippen molar-refractivity contribution in [2.45, 2.75) is 13.0 Å². The van der Waals surface area contributed by atoms with Gasteiger partial charge in [0.15, 0.2) is 5.69 Å². The van der Waals surface area contributed by atoms with Gasteiger partial charge in [0.05, 0.1) is 0 Å². The standard InChI is InChI=1S/C17H18N6O2/c1-21-8-6-18-16(21)11-3-4-14(19-9-11)23-7-5-13-12(10-23)15(17(24)25)20-22(13)2/h3-4,6,8-9H,5,7,10H2,1-2H3,(H,24,25). The Morgan fingerprint density at radius 3 is 2.72 bits per heavy atom. The van der Waals surface area contributed by atoms with Crippen molar-refractivity contribution in [2.75, 3.05) is 11.4 Å². The summed E-state index contributed by atoms with van der Waals surface area (Å²) in [6.45, 7) is 1.28. The number of aromatic carboxylic acids is 1. The van der Waals surface area contributed by atoms with E-state index in [0.717, 1.165) is 41.4 Å². The maximum absolute atomic E-state index is 11.4. The van der Waals surface area contributed by atoms with Gasteiger partial charge < -0.3 is 14.6 Å². The number of imidazole rings is 1. The first-order chi connectivity index (χ1) is 12.0. The summed E-state index contributed by atoms with van der Waals surface area (Å²) in [4.78, 5) is 22.4. The molecule has 128 valence electrons. The molecule has 0 aliphatic carbocycles. The number of pyridine rings is 1. The molecule has 3 aromatic heterocycles. The average Bonchev–Trinajstić information content (AvgIpc) is 3.18. The number of hydrogen-bond donors (Lipinski definition) is 1. The van der Waals surface area contributed by atoms with E-state index < -0.39 is 5.97 Å². The van der Waals surface area contributed by atoms with Crippen molar-refractivity contribution in [3.8, 4) is 11.4 Å². The first kappa shape index (κ1) is 15.4. The highest BCUT2D eigenvalue weighted by atomic mass is 16.4. The highest BCUT2D eigenvalue weighted by molar-refractivity contribution is 5.87. The normalized spacial score (nSPS) is 13.8. The molecule has 0 atom stereocenters. The lowest BCUT2D eigenvalue weighted by Gasteiger charge is -2.28. The number of carbonyl (C=O) groups is 1. The molecule has 4 heterocycles. The summed E-state index contributed by atoms with van der Waals surface area (Å²) in [7, 11) is 3.74. The number of hydrogen-bond acceptors (Lipinski definition) is 5. The van der Waals surface area contributed by atoms with Crippen LogP contribution in [0.1, 0.15) is 21.7 Å². The predicted octanol–water partition coefficient (Wildman–Crippen LogP) is 1.48. The van der Waals surface area contributed by atoms with Gasteiger partial charge in [-0.25, -0.2) is 14.8 Å². The van der Waals surface area contributed by atoms with Crippen LogP contribution in [0.5, 0.6) is 0 Å². The summed E-state index contributed by atoms with van der Waals surface area (Å²) in [5, 5.41) is 13.5. The van der Waals surface area contributed by atoms with Gasteiger partial charge in [0, 0.05) is 69.0 Å². The molecule has 1 N–H and O–H groups in total. The molecule has 0 radical (unpaired) electrons. The Hall–Kier alpha value is -3.16. The first-order valence-corrected chi connectivity index (χ1v) is 8.01. The van der Waals surface area contributed by atoms with E-state index in [1.807, 2.05) is 29.9 Å². The third kappa shape index (κ3) is 2.55. The van der Waals surface area contributed by atoms with Gasteiger partial charge in [0.25, 0.3) is 0 Å². The second-order valence-corrected chi connectivity index (χ2v) is 6.14. The number of rotatable bonds is 3. The van der Waals surface area contributed by atoms with Gasteiger partial charge in [-0.2, -0.15) is 5.10 Å². The number of fused-ring (bicyclic) bond motifs is 1. The number of aryl methyl sites for hydroxylation is 2. The summed E-state index contributed by atoms with van der Waals surface area (Å²) in [6, 6.07) is 3.94. The van der Waals surface area contributed by atoms with Crippen LogP contribution in [-0.4, -0.2) is 41.9 Å². The highest BCUT2D eigenvalue weighted by Gasteiger charge is 2.27. The maximum Gasteiger partial charge on any atom is 0.356 e. The first-order valence-electron chi connectivity index (χ1n) is 8.01. The fourth-order valence-corrected chi connectivity index (χ4v) is 3.31. The summed E-state index contributed by atoms with van der Waals surface area (Å²) in [5.74, 6) is 0.695. The Kier molecular flexibility index (Phi) is 3.52. The fourth-order valence-electron chi connectivity index (χ4n) is 3.31. The third-order valence-corrected chi connectivity index (χ3v) is 4.60. The molecule has 0 saturated carbocycles. The van der Waals surface area contributed by atoms with Crippen LogP contribution >= 0.6 is 0 Å². The molecule has 1 aliphatic heterocycles. The Morgan fingerprint density at radius 1 is 1.24 bits per heavy atom. The van der Waals surface area contributed by atoms with E-state index in [-0.39, 0.29) is 5.69 Å². The second-order valence-electron chi connectivity index (χ2n) is 6.14. The van der Waals surface area contributed by atoms with Gasteiger partial charge in [0.1, 0.15) is 11.6 Å². The van der Waals surface area contributed by atoms with Gasteiger partial charge in [-0.3, -0.25) is 4.68 Å². The fraction of sp³-hybridized carbons (Fsp3) is 0.294. The van der Waals surface area contributed by atoms with Crippen LogP contribution in [0, 0.1) is 0 Å². The van der Waals surface area contributed by atoms with E-state index in [9.17, 15) is 9.90 Å². The number of anilines is 1. The van der Waals surface area contributed by atoms with Gasteiger partial charge >= 0.3 is 5.97 Å². The quantitative estimate of drug-likeness (QED) is 0.778. The Morgan fingerprint density at radius 2 is 2.08 bits per heavy atom. The largest absolute Gasteiger partial charge is 0.476 e. The molecule has 0 spiro atoms. The van der Waals surface area contributed by atoms with E-state index in [4.69, 9.17) is 0 Å². The lowest BCUT2D eigenvalue weighted by molar-refractivity contribution is 0.0688. The van der Waals surface area contributed by atoms with Crippen LogP contribution in [0.3, 0.4) is 0 Å². The van der Waals surface area contributed by atoms with E-state index in [1.54, 1.807) is 24.1 Å². The third-order valence-electron chi connectivity index (χ3n) is 4.60. The molecule has 0 saturated heterocycles. The Balaban J connectivity index is 1.62. The summed E-state index contributed by atoms with van der Waals surface area (Å²) < 4.78 is 3.62. The average molecular weight is 338 g/mol. The number of carboxylic acids is 1. The second kappa shape index (κ2) is 5.73. The minimum absolute atomic E-state index is 0.131. The van der Waals surface area contributed by atoms with E-state index in [0.29, 0.717) is 6.54 Å². The lowest BCUT2D eigenvalue weighted by Crippen LogP contribution is -2.32. The van der Waals surface area contributed by atoms with Gasteiger partial charge in [0.2, 0.25) is 0 Å². The molecule has 25 heavy (non-hydrogen) atoms. The van der Waals surface area contributed by atoms with E-state index in [1.165, 1.54) is 0 Å². The lowest BCUT2D eigenvalue weighted by atomic mass is 10.0. The molecule has 0 amide bonds. The molecule has 0 unspecified atom stereocenters. The van der Waals surface area contributed by atoms with Crippen molar-refractivity contribution < 1.29 is 9.90 Å². The number of aromatic nitrogens is 5. The summed E-state index contributed by atoms with van der Waals surface area (Å²) in [6.07, 6.45) is 6.19. The van der Waals surface area contributed by atoms with Crippen molar-refractivity contribution in [1.82, 2.24) is 24.3 Å². The minimum Gasteiger partial charge on any atom is -0.476 e. The van der Waals surface area contributed by atoms with Crippen LogP contribution < -0.4 is 4.90 Å². The smallest absolute Gasteiger partial charge is 0.356 e. The van der Waals surface area contributed by atoms with Gasteiger partial charge in [-0.15, -0.1) is 0 Å². The Bertz CT molecular complexity index is 941. The van der Waals surface area contributed by atoms with Crippen LogP contribution in [0.2, 0.25) is 0 Å². The minimum atomic E-state index is -0.989. The molecule has 0 fully saturated rings. The number of carboxylic acid groups (broad SMARTS) is 1. The molecular weight excluding hydrogens is 320 g/mol. The topological polar surface area (TPSA) is 89.1 Å². The maximum atomic E-state index is 11.4. The number of nitrogens with zero attached hydrogens (tertiary/aromatic N) is 6. The molecule has 8 heteroatoms. The zero-order valence-electron chi connectivity index (χ0n) is 14.0. The monoisotopic (exact) mass is 338 g/mol. The van der Waals surface area contributed by atoms with Crippen LogP contribution in [0.15, 0.2) is 30.7 Å². The van der Waals surface area contributed by atoms with Crippen LogP contribution in [-0.2, 0) is 27.1 Å². The molecule has 0 bridgehead atoms. The van der Waals surface area contributed by atoms with Crippen LogP contribution in [0.25, 0.3) is 11.4 Å². The zero-order chi connectivity index (χ0) is 17.6. The predicted molar refractivity (Wildman–Crippen MR) is 91.4 cm³/mol. The molecule has 0 aromatic carbocycles. The zero-order valence-corrected chi connectivity index (χ0v) is 14.0. The van der Waals surface area contributed by atoms with Crippen molar-refractivity contribution in [2.24, 2.45) is 14.1 Å². The van der Waals surface area contributed by atoms with E-state index in [2.05, 4.69) is 20.0 Å². The molecule has 3 aromatic rings. The van der Waals surface area contributed by atoms with Crippen molar-refractivity contribution >= 4 is 11.8 Å². The van der Waals surface area contributed by atoms with Crippen molar-refractivity contribution in [1.29, 1.82) is 0 Å². The Labute approximate surface area is 144 Å². The summed E-state index contributed by atoms with van der Waals surface area (Å²) in [5.41, 5.74) is 2.84. The summed E-state index contributed by atoms with van der Waals surface area (Å²) >= 11 is 0. The molecular formula is C17H18N6O2. The van der Waals surface area contributed by atoms with Gasteiger partial charge in [-0.05, 0) is 12.1 Å². The van der Waals surface area contributed by atoms with Gasteiger partial charge in [-0.1, -0.05) is 0 Å².